The molecule has 0 spiro atoms. The number of nitrogens with one attached hydrogen (secondary N) is 2. The van der Waals surface area contributed by atoms with Crippen molar-refractivity contribution in [3.63, 3.8) is 0 Å². The number of nitrogens with zero attached hydrogens (tertiary/aromatic N) is 2. The SMILES string of the molecule is CC(CNC(=O)NCCCC(=O)N1CCc2ccccc2C1)N(C)c1ccccc1. The van der Waals surface area contributed by atoms with E-state index in [0.717, 1.165) is 18.7 Å². The van der Waals surface area contributed by atoms with E-state index in [1.807, 2.05) is 42.3 Å². The molecule has 1 aliphatic rings. The standard InChI is InChI=1S/C24H32N4O2/c1-19(27(2)22-11-4-3-5-12-22)17-26-24(30)25-15-8-13-23(29)28-16-14-20-9-6-7-10-21(20)18-28/h3-7,9-12,19H,8,13-18H2,1-2H3,(H2,25,26,30). The molecule has 0 aromatic heterocycles. The summed E-state index contributed by atoms with van der Waals surface area (Å²) in [5.41, 5.74) is 3.70. The molecular weight excluding hydrogens is 376 g/mol. The van der Waals surface area contributed by atoms with Crippen LogP contribution in [0.5, 0.6) is 0 Å². The van der Waals surface area contributed by atoms with Gasteiger partial charge in [0.05, 0.1) is 0 Å². The molecule has 1 unspecified atom stereocenters. The van der Waals surface area contributed by atoms with Gasteiger partial charge in [0.25, 0.3) is 0 Å². The van der Waals surface area contributed by atoms with E-state index in [-0.39, 0.29) is 18.0 Å². The van der Waals surface area contributed by atoms with Gasteiger partial charge in [-0.05, 0) is 43.0 Å². The Bertz CT molecular complexity index is 840. The predicted octanol–water partition coefficient (Wildman–Crippen LogP) is 3.18. The zero-order chi connectivity index (χ0) is 21.3. The monoisotopic (exact) mass is 408 g/mol. The molecule has 2 aromatic carbocycles. The van der Waals surface area contributed by atoms with Crippen LogP contribution in [-0.2, 0) is 17.8 Å². The molecule has 0 fully saturated rings. The number of amides is 3. The number of benzene rings is 2. The Labute approximate surface area is 179 Å². The molecule has 1 aliphatic heterocycles. The van der Waals surface area contributed by atoms with Crippen LogP contribution in [0.25, 0.3) is 0 Å². The number of para-hydroxylation sites is 1. The predicted molar refractivity (Wildman–Crippen MR) is 121 cm³/mol. The van der Waals surface area contributed by atoms with Crippen LogP contribution >= 0.6 is 0 Å². The first-order valence-electron chi connectivity index (χ1n) is 10.7. The number of urea groups is 1. The van der Waals surface area contributed by atoms with Crippen LogP contribution < -0.4 is 15.5 Å². The molecule has 2 aromatic rings. The molecular formula is C24H32N4O2. The molecule has 3 amide bonds. The van der Waals surface area contributed by atoms with Gasteiger partial charge in [0.15, 0.2) is 0 Å². The van der Waals surface area contributed by atoms with Crippen LogP contribution in [0.3, 0.4) is 0 Å². The largest absolute Gasteiger partial charge is 0.370 e. The van der Waals surface area contributed by atoms with Crippen molar-refractivity contribution < 1.29 is 9.59 Å². The van der Waals surface area contributed by atoms with Gasteiger partial charge < -0.3 is 20.4 Å². The summed E-state index contributed by atoms with van der Waals surface area (Å²) in [5, 5.41) is 5.76. The Morgan fingerprint density at radius 2 is 1.73 bits per heavy atom. The first-order chi connectivity index (χ1) is 14.5. The Kier molecular flexibility index (Phi) is 7.71. The molecule has 0 saturated carbocycles. The van der Waals surface area contributed by atoms with Crippen LogP contribution in [0.1, 0.15) is 30.9 Å². The summed E-state index contributed by atoms with van der Waals surface area (Å²) in [4.78, 5) is 28.6. The normalized spacial score (nSPS) is 13.9. The highest BCUT2D eigenvalue weighted by molar-refractivity contribution is 5.77. The van der Waals surface area contributed by atoms with Crippen molar-refractivity contribution in [2.24, 2.45) is 0 Å². The number of likely N-dealkylation sites (N-methyl/N-ethyl adjacent to an activating group) is 1. The minimum absolute atomic E-state index is 0.157. The van der Waals surface area contributed by atoms with Gasteiger partial charge in [-0.1, -0.05) is 42.5 Å². The first-order valence-corrected chi connectivity index (χ1v) is 10.7. The van der Waals surface area contributed by atoms with Gasteiger partial charge in [-0.25, -0.2) is 4.79 Å². The lowest BCUT2D eigenvalue weighted by Crippen LogP contribution is -2.44. The van der Waals surface area contributed by atoms with Crippen molar-refractivity contribution in [1.29, 1.82) is 0 Å². The van der Waals surface area contributed by atoms with Gasteiger partial charge in [0.1, 0.15) is 0 Å². The van der Waals surface area contributed by atoms with E-state index in [1.54, 1.807) is 0 Å². The van der Waals surface area contributed by atoms with Gasteiger partial charge in [-0.15, -0.1) is 0 Å². The molecule has 6 heteroatoms. The molecule has 0 aliphatic carbocycles. The zero-order valence-corrected chi connectivity index (χ0v) is 17.9. The topological polar surface area (TPSA) is 64.7 Å². The van der Waals surface area contributed by atoms with E-state index in [4.69, 9.17) is 0 Å². The number of fused-ring (bicyclic) bond motifs is 1. The minimum atomic E-state index is -0.192. The van der Waals surface area contributed by atoms with Crippen LogP contribution in [0.4, 0.5) is 10.5 Å². The number of hydrogen-bond donors (Lipinski definition) is 2. The molecule has 30 heavy (non-hydrogen) atoms. The molecule has 160 valence electrons. The number of hydrogen-bond acceptors (Lipinski definition) is 3. The van der Waals surface area contributed by atoms with Gasteiger partial charge in [-0.3, -0.25) is 4.79 Å². The van der Waals surface area contributed by atoms with Crippen LogP contribution in [-0.4, -0.2) is 49.6 Å². The van der Waals surface area contributed by atoms with Gasteiger partial charge >= 0.3 is 6.03 Å². The summed E-state index contributed by atoms with van der Waals surface area (Å²) in [6, 6.07) is 18.4. The van der Waals surface area contributed by atoms with E-state index in [1.165, 1.54) is 11.1 Å². The molecule has 0 bridgehead atoms. The van der Waals surface area contributed by atoms with Crippen molar-refractivity contribution in [1.82, 2.24) is 15.5 Å². The van der Waals surface area contributed by atoms with Crippen LogP contribution in [0.2, 0.25) is 0 Å². The molecule has 1 atom stereocenters. The van der Waals surface area contributed by atoms with E-state index in [9.17, 15) is 9.59 Å². The van der Waals surface area contributed by atoms with Crippen molar-refractivity contribution >= 4 is 17.6 Å². The summed E-state index contributed by atoms with van der Waals surface area (Å²) in [5.74, 6) is 0.157. The van der Waals surface area contributed by atoms with Gasteiger partial charge in [0, 0.05) is 51.4 Å². The van der Waals surface area contributed by atoms with Crippen LogP contribution in [0.15, 0.2) is 54.6 Å². The van der Waals surface area contributed by atoms with E-state index in [0.29, 0.717) is 32.5 Å². The van der Waals surface area contributed by atoms with E-state index in [2.05, 4.69) is 46.7 Å². The quantitative estimate of drug-likeness (QED) is 0.660. The fourth-order valence-electron chi connectivity index (χ4n) is 3.67. The van der Waals surface area contributed by atoms with Crippen molar-refractivity contribution in [2.75, 3.05) is 31.6 Å². The summed E-state index contributed by atoms with van der Waals surface area (Å²) >= 11 is 0. The number of rotatable bonds is 8. The van der Waals surface area contributed by atoms with Crippen molar-refractivity contribution in [3.05, 3.63) is 65.7 Å². The Hall–Kier alpha value is -3.02. The first kappa shape index (κ1) is 21.7. The highest BCUT2D eigenvalue weighted by atomic mass is 16.2. The van der Waals surface area contributed by atoms with E-state index >= 15 is 0 Å². The lowest BCUT2D eigenvalue weighted by atomic mass is 9.99. The zero-order valence-electron chi connectivity index (χ0n) is 17.9. The minimum Gasteiger partial charge on any atom is -0.370 e. The lowest BCUT2D eigenvalue weighted by molar-refractivity contribution is -0.132. The fraction of sp³-hybridized carbons (Fsp3) is 0.417. The number of carbonyl (C=O) groups excluding carboxylic acids is 2. The average molecular weight is 409 g/mol. The van der Waals surface area contributed by atoms with Crippen molar-refractivity contribution in [2.45, 2.75) is 38.8 Å². The second-order valence-corrected chi connectivity index (χ2v) is 7.87. The second-order valence-electron chi connectivity index (χ2n) is 7.87. The number of anilines is 1. The van der Waals surface area contributed by atoms with Crippen molar-refractivity contribution in [3.8, 4) is 0 Å². The second kappa shape index (κ2) is 10.7. The molecule has 0 saturated heterocycles. The molecule has 0 radical (unpaired) electrons. The van der Waals surface area contributed by atoms with E-state index < -0.39 is 0 Å². The highest BCUT2D eigenvalue weighted by Gasteiger charge is 2.19. The summed E-state index contributed by atoms with van der Waals surface area (Å²) in [6.45, 7) is 4.57. The molecule has 3 rings (SSSR count). The maximum absolute atomic E-state index is 12.5. The Morgan fingerprint density at radius 3 is 2.50 bits per heavy atom. The smallest absolute Gasteiger partial charge is 0.314 e. The third kappa shape index (κ3) is 5.99. The average Bonchev–Trinajstić information content (AvgIpc) is 2.79. The maximum Gasteiger partial charge on any atom is 0.314 e. The highest BCUT2D eigenvalue weighted by Crippen LogP contribution is 2.19. The molecule has 2 N–H and O–H groups in total. The summed E-state index contributed by atoms with van der Waals surface area (Å²) < 4.78 is 0. The number of carbonyl (C=O) groups is 2. The molecule has 1 heterocycles. The third-order valence-corrected chi connectivity index (χ3v) is 5.72. The summed E-state index contributed by atoms with van der Waals surface area (Å²) in [7, 11) is 2.02. The van der Waals surface area contributed by atoms with Gasteiger partial charge in [-0.2, -0.15) is 0 Å². The maximum atomic E-state index is 12.5. The Morgan fingerprint density at radius 1 is 1.03 bits per heavy atom. The molecule has 6 nitrogen and oxygen atoms in total. The Balaban J connectivity index is 1.31. The summed E-state index contributed by atoms with van der Waals surface area (Å²) in [6.07, 6.45) is 2.01. The lowest BCUT2D eigenvalue weighted by Gasteiger charge is -2.29. The van der Waals surface area contributed by atoms with Crippen LogP contribution in [0, 0.1) is 0 Å². The fourth-order valence-corrected chi connectivity index (χ4v) is 3.67. The van der Waals surface area contributed by atoms with Gasteiger partial charge in [0.2, 0.25) is 5.91 Å². The third-order valence-electron chi connectivity index (χ3n) is 5.72.